The summed E-state index contributed by atoms with van der Waals surface area (Å²) in [5.74, 6) is 2.32. The van der Waals surface area contributed by atoms with E-state index in [1.807, 2.05) is 24.5 Å². The molecule has 1 fully saturated rings. The number of pyridine rings is 3. The molecule has 2 N–H and O–H groups in total. The maximum Gasteiger partial charge on any atom is 0.254 e. The van der Waals surface area contributed by atoms with Crippen LogP contribution in [0.25, 0.3) is 32.0 Å². The largest absolute Gasteiger partial charge is 0.421 e. The summed E-state index contributed by atoms with van der Waals surface area (Å²) in [5, 5.41) is 16.7. The van der Waals surface area contributed by atoms with Gasteiger partial charge in [-0.05, 0) is 79.5 Å². The Morgan fingerprint density at radius 2 is 1.93 bits per heavy atom. The second-order valence-corrected chi connectivity index (χ2v) is 14.0. The molecule has 2 atom stereocenters. The molecule has 46 heavy (non-hydrogen) atoms. The lowest BCUT2D eigenvalue weighted by atomic mass is 9.89. The molecule has 7 heterocycles. The van der Waals surface area contributed by atoms with Crippen molar-refractivity contribution in [3.63, 3.8) is 0 Å². The molecule has 3 aliphatic rings. The van der Waals surface area contributed by atoms with E-state index in [1.54, 1.807) is 18.3 Å². The van der Waals surface area contributed by atoms with Crippen LogP contribution < -0.4 is 10.6 Å². The Balaban J connectivity index is 1.29. The maximum atomic E-state index is 13.9. The van der Waals surface area contributed by atoms with Gasteiger partial charge < -0.3 is 19.8 Å². The lowest BCUT2D eigenvalue weighted by Gasteiger charge is -2.23. The standard InChI is InChI=1S/C35H37N7O3S/c1-18(2)30-31-29(34(43)40-30)28(27(35-42-41-19(3)45-35)25(38-31)7-6-20-11-15-44-16-12-20)26-17-21-10-14-37-33(32(21)46-26)39-24-9-8-23-22(24)5-4-13-36-23/h4-5,10,13-14,17-18,20,24,30H,6-9,11-12,15-16H2,1-3H3,(H,37,39)(H,40,43)/t24-,30-/m1/s1. The normalized spacial score (nSPS) is 19.5. The maximum absolute atomic E-state index is 13.9. The highest BCUT2D eigenvalue weighted by Crippen LogP contribution is 2.48. The molecule has 0 spiro atoms. The number of anilines is 1. The molecule has 5 aromatic heterocycles. The summed E-state index contributed by atoms with van der Waals surface area (Å²) in [7, 11) is 0. The van der Waals surface area contributed by atoms with E-state index in [2.05, 4.69) is 51.8 Å². The van der Waals surface area contributed by atoms with Crippen molar-refractivity contribution in [2.75, 3.05) is 18.5 Å². The van der Waals surface area contributed by atoms with Crippen LogP contribution in [0.5, 0.6) is 0 Å². The van der Waals surface area contributed by atoms with E-state index in [9.17, 15) is 4.79 Å². The van der Waals surface area contributed by atoms with Gasteiger partial charge in [0, 0.05) is 48.7 Å². The highest BCUT2D eigenvalue weighted by Gasteiger charge is 2.39. The van der Waals surface area contributed by atoms with Crippen LogP contribution in [0.2, 0.25) is 0 Å². The third kappa shape index (κ3) is 5.15. The predicted octanol–water partition coefficient (Wildman–Crippen LogP) is 7.01. The third-order valence-electron chi connectivity index (χ3n) is 9.61. The van der Waals surface area contributed by atoms with Crippen molar-refractivity contribution in [1.29, 1.82) is 0 Å². The van der Waals surface area contributed by atoms with Gasteiger partial charge in [0.15, 0.2) is 0 Å². The van der Waals surface area contributed by atoms with Crippen molar-refractivity contribution >= 4 is 33.1 Å². The number of hydrogen-bond donors (Lipinski definition) is 2. The van der Waals surface area contributed by atoms with Crippen molar-refractivity contribution < 1.29 is 13.9 Å². The van der Waals surface area contributed by atoms with Crippen molar-refractivity contribution in [2.24, 2.45) is 11.8 Å². The number of thiophene rings is 1. The summed E-state index contributed by atoms with van der Waals surface area (Å²) in [4.78, 5) is 29.4. The van der Waals surface area contributed by atoms with Crippen molar-refractivity contribution in [2.45, 2.75) is 71.4 Å². The molecule has 8 rings (SSSR count). The lowest BCUT2D eigenvalue weighted by Crippen LogP contribution is -2.23. The molecule has 0 aromatic carbocycles. The monoisotopic (exact) mass is 635 g/mol. The van der Waals surface area contributed by atoms with Crippen molar-refractivity contribution in [3.05, 3.63) is 70.8 Å². The average molecular weight is 636 g/mol. The van der Waals surface area contributed by atoms with Crippen LogP contribution in [-0.2, 0) is 17.6 Å². The smallest absolute Gasteiger partial charge is 0.254 e. The highest BCUT2D eigenvalue weighted by atomic mass is 32.1. The van der Waals surface area contributed by atoms with E-state index >= 15 is 0 Å². The molecule has 0 unspecified atom stereocenters. The minimum Gasteiger partial charge on any atom is -0.421 e. The molecule has 1 saturated heterocycles. The Hall–Kier alpha value is -4.22. The van der Waals surface area contributed by atoms with E-state index in [-0.39, 0.29) is 23.9 Å². The van der Waals surface area contributed by atoms with E-state index in [0.717, 1.165) is 101 Å². The zero-order valence-corrected chi connectivity index (χ0v) is 27.1. The van der Waals surface area contributed by atoms with Gasteiger partial charge in [-0.15, -0.1) is 21.5 Å². The molecule has 1 amide bonds. The Morgan fingerprint density at radius 3 is 2.74 bits per heavy atom. The molecule has 1 aliphatic carbocycles. The van der Waals surface area contributed by atoms with E-state index in [1.165, 1.54) is 5.56 Å². The number of ether oxygens (including phenoxy) is 1. The first-order valence-corrected chi connectivity index (χ1v) is 17.1. The van der Waals surface area contributed by atoms with Crippen LogP contribution in [0.3, 0.4) is 0 Å². The Labute approximate surface area is 271 Å². The number of aromatic nitrogens is 5. The summed E-state index contributed by atoms with van der Waals surface area (Å²) in [5.41, 5.74) is 6.25. The molecule has 0 radical (unpaired) electrons. The summed E-state index contributed by atoms with van der Waals surface area (Å²) in [6.45, 7) is 7.63. The summed E-state index contributed by atoms with van der Waals surface area (Å²) in [6.07, 6.45) is 9.43. The van der Waals surface area contributed by atoms with Gasteiger partial charge in [0.1, 0.15) is 5.82 Å². The first-order chi connectivity index (χ1) is 22.4. The van der Waals surface area contributed by atoms with Gasteiger partial charge in [-0.2, -0.15) is 0 Å². The van der Waals surface area contributed by atoms with Gasteiger partial charge in [0.2, 0.25) is 11.8 Å². The molecular formula is C35H37N7O3S. The molecule has 0 bridgehead atoms. The number of carbonyl (C=O) groups excluding carboxylic acids is 1. The summed E-state index contributed by atoms with van der Waals surface area (Å²) >= 11 is 1.64. The van der Waals surface area contributed by atoms with Gasteiger partial charge in [-0.3, -0.25) is 14.8 Å². The second-order valence-electron chi connectivity index (χ2n) is 12.9. The van der Waals surface area contributed by atoms with Gasteiger partial charge in [0.25, 0.3) is 5.91 Å². The van der Waals surface area contributed by atoms with Crippen LogP contribution in [0.1, 0.15) is 90.5 Å². The fraction of sp³-hybridized carbons (Fsp3) is 0.429. The van der Waals surface area contributed by atoms with Crippen LogP contribution in [0.4, 0.5) is 5.82 Å². The molecular weight excluding hydrogens is 598 g/mol. The van der Waals surface area contributed by atoms with Crippen LogP contribution in [0, 0.1) is 18.8 Å². The van der Waals surface area contributed by atoms with Crippen molar-refractivity contribution in [1.82, 2.24) is 30.5 Å². The van der Waals surface area contributed by atoms with E-state index in [4.69, 9.17) is 19.1 Å². The summed E-state index contributed by atoms with van der Waals surface area (Å²) in [6, 6.07) is 8.31. The number of hydrogen-bond acceptors (Lipinski definition) is 10. The number of rotatable bonds is 8. The Morgan fingerprint density at radius 1 is 1.07 bits per heavy atom. The Bertz CT molecular complexity index is 1940. The van der Waals surface area contributed by atoms with E-state index < -0.39 is 0 Å². The van der Waals surface area contributed by atoms with Crippen molar-refractivity contribution in [3.8, 4) is 21.9 Å². The number of aryl methyl sites for hydroxylation is 3. The number of fused-ring (bicyclic) bond motifs is 3. The van der Waals surface area contributed by atoms with Crippen LogP contribution >= 0.6 is 11.3 Å². The van der Waals surface area contributed by atoms with E-state index in [0.29, 0.717) is 23.3 Å². The molecule has 2 aliphatic heterocycles. The van der Waals surface area contributed by atoms with Crippen LogP contribution in [-0.4, -0.2) is 44.3 Å². The molecule has 10 nitrogen and oxygen atoms in total. The first kappa shape index (κ1) is 29.2. The minimum absolute atomic E-state index is 0.117. The zero-order chi connectivity index (χ0) is 31.4. The van der Waals surface area contributed by atoms with Gasteiger partial charge >= 0.3 is 0 Å². The summed E-state index contributed by atoms with van der Waals surface area (Å²) < 4.78 is 12.8. The number of nitrogens with one attached hydrogen (secondary N) is 2. The number of nitrogens with zero attached hydrogens (tertiary/aromatic N) is 5. The Kier molecular flexibility index (Phi) is 7.53. The third-order valence-corrected chi connectivity index (χ3v) is 10.8. The number of carbonyl (C=O) groups is 1. The molecule has 11 heteroatoms. The highest BCUT2D eigenvalue weighted by molar-refractivity contribution is 7.23. The predicted molar refractivity (Wildman–Crippen MR) is 177 cm³/mol. The topological polar surface area (TPSA) is 128 Å². The SMILES string of the molecule is Cc1nnc(-c2c(CCC3CCOCC3)nc3c(c2-c2cc4ccnc(N[C@@H]5CCc6ncccc65)c4s2)C(=O)N[C@@H]3C(C)C)o1. The number of amides is 1. The van der Waals surface area contributed by atoms with Gasteiger partial charge in [-0.25, -0.2) is 4.98 Å². The lowest BCUT2D eigenvalue weighted by molar-refractivity contribution is 0.0639. The quantitative estimate of drug-likeness (QED) is 0.185. The molecule has 0 saturated carbocycles. The second kappa shape index (κ2) is 11.9. The average Bonchev–Trinajstić information content (AvgIpc) is 3.86. The molecule has 5 aromatic rings. The van der Waals surface area contributed by atoms with Crippen LogP contribution in [0.15, 0.2) is 41.1 Å². The zero-order valence-electron chi connectivity index (χ0n) is 26.3. The minimum atomic E-state index is -0.175. The van der Waals surface area contributed by atoms with Gasteiger partial charge in [0.05, 0.1) is 39.3 Å². The first-order valence-electron chi connectivity index (χ1n) is 16.3. The molecule has 236 valence electrons. The fourth-order valence-electron chi connectivity index (χ4n) is 7.22. The fourth-order valence-corrected chi connectivity index (χ4v) is 8.39. The van der Waals surface area contributed by atoms with Gasteiger partial charge in [-0.1, -0.05) is 19.9 Å².